The summed E-state index contributed by atoms with van der Waals surface area (Å²) >= 11 is 0. The number of likely N-dealkylation sites (N-methyl/N-ethyl adjacent to an activating group) is 2. The Morgan fingerprint density at radius 1 is 0.942 bits per heavy atom. The first kappa shape index (κ1) is 45.4. The highest BCUT2D eigenvalue weighted by Crippen LogP contribution is 2.40. The van der Waals surface area contributed by atoms with Crippen molar-refractivity contribution in [2.24, 2.45) is 17.8 Å². The lowest BCUT2D eigenvalue weighted by Gasteiger charge is -2.48. The van der Waals surface area contributed by atoms with Crippen LogP contribution in [-0.2, 0) is 33.2 Å². The molecule has 18 atom stereocenters. The van der Waals surface area contributed by atoms with Crippen molar-refractivity contribution in [2.75, 3.05) is 34.8 Å². The highest BCUT2D eigenvalue weighted by atomic mass is 16.7. The van der Waals surface area contributed by atoms with Crippen LogP contribution in [0, 0.1) is 17.8 Å². The fraction of sp³-hybridized carbons (Fsp3) is 0.974. The van der Waals surface area contributed by atoms with Gasteiger partial charge in [-0.15, -0.1) is 0 Å². The van der Waals surface area contributed by atoms with E-state index in [9.17, 15) is 30.3 Å². The smallest absolute Gasteiger partial charge is 0.311 e. The zero-order valence-electron chi connectivity index (χ0n) is 34.2. The summed E-state index contributed by atoms with van der Waals surface area (Å²) in [6, 6.07) is -0.808. The van der Waals surface area contributed by atoms with Gasteiger partial charge in [-0.25, -0.2) is 0 Å². The standard InChI is InChI=1S/C38H72N2O12/c1-15-27-38(10,46)31(42)24(6)40(13)19-20(2)17-36(8,45)33(52-35-29(41)26(39(11)12)16-21(3)48-35)22(4)30(23(5)34(44)50-27)51-28-18-37(9,47-14)32(43)25(7)49-28/h20-33,35,41-43,45-46H,15-19H2,1-14H3/t20-,21-,22+,23-,24-,25+,26+,27-,28+,29-,30+,31+,32+,33-,35+,36-,37-,38-/m1/s1. The third-order valence-electron chi connectivity index (χ3n) is 12.2. The molecule has 0 aromatic rings. The first-order valence-corrected chi connectivity index (χ1v) is 19.1. The highest BCUT2D eigenvalue weighted by Gasteiger charge is 2.52. The number of methoxy groups -OCH3 is 1. The van der Waals surface area contributed by atoms with Crippen molar-refractivity contribution in [3.8, 4) is 0 Å². The largest absolute Gasteiger partial charge is 0.459 e. The minimum absolute atomic E-state index is 0.133. The molecule has 0 saturated carbocycles. The summed E-state index contributed by atoms with van der Waals surface area (Å²) in [5, 5.41) is 58.1. The summed E-state index contributed by atoms with van der Waals surface area (Å²) in [5.41, 5.74) is -4.37. The van der Waals surface area contributed by atoms with Gasteiger partial charge >= 0.3 is 5.97 Å². The number of hydrogen-bond donors (Lipinski definition) is 5. The lowest BCUT2D eigenvalue weighted by Crippen LogP contribution is -2.60. The number of aliphatic hydroxyl groups excluding tert-OH is 3. The summed E-state index contributed by atoms with van der Waals surface area (Å²) in [4.78, 5) is 18.0. The maximum absolute atomic E-state index is 14.2. The van der Waals surface area contributed by atoms with E-state index in [1.165, 1.54) is 14.0 Å². The molecule has 52 heavy (non-hydrogen) atoms. The second-order valence-corrected chi connectivity index (χ2v) is 17.2. The number of carbonyl (C=O) groups is 1. The third kappa shape index (κ3) is 10.0. The highest BCUT2D eigenvalue weighted by molar-refractivity contribution is 5.73. The molecule has 0 amide bonds. The predicted octanol–water partition coefficient (Wildman–Crippen LogP) is 1.90. The van der Waals surface area contributed by atoms with Gasteiger partial charge < -0.3 is 63.8 Å². The maximum atomic E-state index is 14.2. The molecule has 14 nitrogen and oxygen atoms in total. The van der Waals surface area contributed by atoms with E-state index in [0.29, 0.717) is 13.0 Å². The number of rotatable bonds is 7. The average Bonchev–Trinajstić information content (AvgIpc) is 3.05. The Labute approximate surface area is 312 Å². The topological polar surface area (TPSA) is 180 Å². The molecule has 306 valence electrons. The van der Waals surface area contributed by atoms with Crippen LogP contribution in [0.5, 0.6) is 0 Å². The van der Waals surface area contributed by atoms with Crippen molar-refractivity contribution in [1.82, 2.24) is 9.80 Å². The Hall–Kier alpha value is -1.01. The van der Waals surface area contributed by atoms with Gasteiger partial charge in [0.25, 0.3) is 0 Å². The predicted molar refractivity (Wildman–Crippen MR) is 194 cm³/mol. The van der Waals surface area contributed by atoms with Gasteiger partial charge in [-0.2, -0.15) is 0 Å². The minimum Gasteiger partial charge on any atom is -0.459 e. The molecule has 14 heteroatoms. The summed E-state index contributed by atoms with van der Waals surface area (Å²) < 4.78 is 37.5. The first-order valence-electron chi connectivity index (χ1n) is 19.1. The molecule has 0 aliphatic carbocycles. The fourth-order valence-electron chi connectivity index (χ4n) is 8.74. The first-order chi connectivity index (χ1) is 23.9. The van der Waals surface area contributed by atoms with Gasteiger partial charge in [-0.3, -0.25) is 4.79 Å². The van der Waals surface area contributed by atoms with E-state index >= 15 is 0 Å². The Balaban J connectivity index is 2.17. The lowest BCUT2D eigenvalue weighted by molar-refractivity contribution is -0.318. The number of carbonyl (C=O) groups excluding carboxylic acids is 1. The van der Waals surface area contributed by atoms with Crippen molar-refractivity contribution in [2.45, 2.75) is 185 Å². The number of nitrogens with zero attached hydrogens (tertiary/aromatic N) is 2. The fourth-order valence-corrected chi connectivity index (χ4v) is 8.74. The molecule has 0 unspecified atom stereocenters. The lowest BCUT2D eigenvalue weighted by atomic mass is 9.77. The molecular formula is C38H72N2O12. The summed E-state index contributed by atoms with van der Waals surface area (Å²) in [6.45, 7) is 18.0. The van der Waals surface area contributed by atoms with Crippen LogP contribution in [0.15, 0.2) is 0 Å². The molecule has 3 fully saturated rings. The van der Waals surface area contributed by atoms with Crippen LogP contribution in [0.25, 0.3) is 0 Å². The van der Waals surface area contributed by atoms with Crippen molar-refractivity contribution >= 4 is 5.97 Å². The van der Waals surface area contributed by atoms with Crippen LogP contribution >= 0.6 is 0 Å². The van der Waals surface area contributed by atoms with Crippen molar-refractivity contribution in [3.05, 3.63) is 0 Å². The van der Waals surface area contributed by atoms with Crippen LogP contribution < -0.4 is 0 Å². The molecule has 3 saturated heterocycles. The maximum Gasteiger partial charge on any atom is 0.311 e. The van der Waals surface area contributed by atoms with E-state index < -0.39 is 96.0 Å². The van der Waals surface area contributed by atoms with Gasteiger partial charge in [0.15, 0.2) is 12.6 Å². The van der Waals surface area contributed by atoms with Gasteiger partial charge in [0.05, 0.1) is 41.5 Å². The zero-order chi connectivity index (χ0) is 39.7. The third-order valence-corrected chi connectivity index (χ3v) is 12.2. The summed E-state index contributed by atoms with van der Waals surface area (Å²) in [5.74, 6) is -2.58. The number of ether oxygens (including phenoxy) is 6. The molecule has 3 heterocycles. The van der Waals surface area contributed by atoms with Gasteiger partial charge in [-0.1, -0.05) is 20.8 Å². The van der Waals surface area contributed by atoms with E-state index in [1.807, 2.05) is 51.7 Å². The Morgan fingerprint density at radius 3 is 2.12 bits per heavy atom. The SMILES string of the molecule is CC[C@H]1OC(=O)[C@H](C)[C@@H](O[C@H]2C[C@@](C)(OC)[C@@H](O)[C@H](C)O2)[C@H](C)[C@@H](O[C@@H]2O[C@H](C)C[C@H](N(C)C)[C@H]2O)[C@](C)(O)C[C@@H](C)CN(C)[C@H](C)[C@H](O)[C@]1(C)O. The van der Waals surface area contributed by atoms with Crippen molar-refractivity contribution in [3.63, 3.8) is 0 Å². The van der Waals surface area contributed by atoms with Gasteiger partial charge in [0.1, 0.15) is 30.0 Å². The molecule has 0 radical (unpaired) electrons. The summed E-state index contributed by atoms with van der Waals surface area (Å²) in [7, 11) is 7.12. The number of hydrogen-bond acceptors (Lipinski definition) is 14. The normalized spacial score (nSPS) is 49.6. The van der Waals surface area contributed by atoms with E-state index in [-0.39, 0.29) is 37.3 Å². The quantitative estimate of drug-likeness (QED) is 0.238. The molecule has 3 rings (SSSR count). The number of esters is 1. The van der Waals surface area contributed by atoms with Crippen molar-refractivity contribution in [1.29, 1.82) is 0 Å². The Kier molecular flexibility index (Phi) is 15.6. The van der Waals surface area contributed by atoms with Crippen LogP contribution in [0.4, 0.5) is 0 Å². The average molecular weight is 749 g/mol. The molecule has 0 aromatic heterocycles. The zero-order valence-corrected chi connectivity index (χ0v) is 34.2. The minimum atomic E-state index is -1.80. The molecule has 0 bridgehead atoms. The van der Waals surface area contributed by atoms with Crippen LogP contribution in [0.2, 0.25) is 0 Å². The second-order valence-electron chi connectivity index (χ2n) is 17.2. The molecule has 3 aliphatic heterocycles. The van der Waals surface area contributed by atoms with E-state index in [0.717, 1.165) is 0 Å². The Morgan fingerprint density at radius 2 is 1.56 bits per heavy atom. The molecule has 3 aliphatic rings. The van der Waals surface area contributed by atoms with Gasteiger partial charge in [0.2, 0.25) is 0 Å². The Bertz CT molecular complexity index is 1140. The van der Waals surface area contributed by atoms with Crippen LogP contribution in [0.3, 0.4) is 0 Å². The molecule has 5 N–H and O–H groups in total. The number of aliphatic hydroxyl groups is 5. The molecule has 0 aromatic carbocycles. The van der Waals surface area contributed by atoms with E-state index in [1.54, 1.807) is 41.5 Å². The monoisotopic (exact) mass is 749 g/mol. The van der Waals surface area contributed by atoms with E-state index in [4.69, 9.17) is 28.4 Å². The molecular weight excluding hydrogens is 676 g/mol. The second kappa shape index (κ2) is 17.8. The van der Waals surface area contributed by atoms with Crippen LogP contribution in [-0.4, -0.2) is 166 Å². The van der Waals surface area contributed by atoms with Gasteiger partial charge in [-0.05, 0) is 94.8 Å². The molecule has 0 spiro atoms. The summed E-state index contributed by atoms with van der Waals surface area (Å²) in [6.07, 6.45) is -8.19. The van der Waals surface area contributed by atoms with Gasteiger partial charge in [0, 0.05) is 38.1 Å². The van der Waals surface area contributed by atoms with Crippen LogP contribution in [0.1, 0.15) is 94.9 Å². The van der Waals surface area contributed by atoms with Crippen molar-refractivity contribution < 1.29 is 58.7 Å². The number of cyclic esters (lactones) is 1. The van der Waals surface area contributed by atoms with E-state index in [2.05, 4.69) is 0 Å².